The number of carbonyl (C=O) groups is 2. The van der Waals surface area contributed by atoms with Crippen LogP contribution in [0.2, 0.25) is 0 Å². The molecule has 0 saturated heterocycles. The lowest BCUT2D eigenvalue weighted by Gasteiger charge is -2.16. The third-order valence-electron chi connectivity index (χ3n) is 3.66. The van der Waals surface area contributed by atoms with Gasteiger partial charge in [0.15, 0.2) is 0 Å². The Kier molecular flexibility index (Phi) is 5.92. The third-order valence-corrected chi connectivity index (χ3v) is 4.79. The van der Waals surface area contributed by atoms with Gasteiger partial charge in [0.2, 0.25) is 5.91 Å². The fraction of sp³-hybridized carbons (Fsp3) is 0.353. The van der Waals surface area contributed by atoms with Gasteiger partial charge in [-0.1, -0.05) is 6.07 Å². The van der Waals surface area contributed by atoms with Crippen LogP contribution in [-0.4, -0.2) is 30.5 Å². The average molecular weight is 346 g/mol. The highest BCUT2D eigenvalue weighted by atomic mass is 32.1. The van der Waals surface area contributed by atoms with Crippen molar-refractivity contribution in [2.45, 2.75) is 27.2 Å². The normalized spacial score (nSPS) is 10.3. The highest BCUT2D eigenvalue weighted by molar-refractivity contribution is 7.11. The van der Waals surface area contributed by atoms with E-state index in [1.54, 1.807) is 36.6 Å². The number of urea groups is 1. The fourth-order valence-corrected chi connectivity index (χ4v) is 3.01. The van der Waals surface area contributed by atoms with E-state index in [0.29, 0.717) is 18.7 Å². The number of benzene rings is 1. The summed E-state index contributed by atoms with van der Waals surface area (Å²) in [5.41, 5.74) is 2.42. The lowest BCUT2D eigenvalue weighted by Crippen LogP contribution is -2.30. The number of aromatic nitrogens is 1. The van der Waals surface area contributed by atoms with Gasteiger partial charge in [-0.05, 0) is 32.0 Å². The number of nitrogens with zero attached hydrogens (tertiary/aromatic N) is 2. The molecule has 0 atom stereocenters. The molecule has 2 aromatic rings. The van der Waals surface area contributed by atoms with E-state index in [4.69, 9.17) is 0 Å². The number of amides is 3. The second-order valence-electron chi connectivity index (χ2n) is 5.51. The van der Waals surface area contributed by atoms with Crippen LogP contribution in [0.15, 0.2) is 24.3 Å². The minimum absolute atomic E-state index is 0.0642. The van der Waals surface area contributed by atoms with Crippen molar-refractivity contribution in [1.82, 2.24) is 10.3 Å². The lowest BCUT2D eigenvalue weighted by atomic mass is 10.2. The monoisotopic (exact) mass is 346 g/mol. The quantitative estimate of drug-likeness (QED) is 0.873. The maximum atomic E-state index is 12.0. The molecule has 6 nitrogen and oxygen atoms in total. The maximum absolute atomic E-state index is 12.0. The Morgan fingerprint density at radius 1 is 1.29 bits per heavy atom. The summed E-state index contributed by atoms with van der Waals surface area (Å²) < 4.78 is 0. The Hall–Kier alpha value is -2.41. The molecular weight excluding hydrogens is 324 g/mol. The van der Waals surface area contributed by atoms with Crippen LogP contribution in [0.1, 0.15) is 22.5 Å². The summed E-state index contributed by atoms with van der Waals surface area (Å²) in [5.74, 6) is -0.0642. The summed E-state index contributed by atoms with van der Waals surface area (Å²) in [7, 11) is 1.69. The van der Waals surface area contributed by atoms with Gasteiger partial charge in [-0.3, -0.25) is 4.79 Å². The van der Waals surface area contributed by atoms with Crippen molar-refractivity contribution in [1.29, 1.82) is 0 Å². The Bertz CT molecular complexity index is 722. The Labute approximate surface area is 145 Å². The molecule has 128 valence electrons. The SMILES string of the molecule is CC(=O)N(C)c1cccc(NC(=O)NCCc2nc(C)c(C)s2)c1. The van der Waals surface area contributed by atoms with Crippen LogP contribution < -0.4 is 15.5 Å². The van der Waals surface area contributed by atoms with E-state index in [1.165, 1.54) is 16.7 Å². The van der Waals surface area contributed by atoms with Gasteiger partial charge in [0.25, 0.3) is 0 Å². The number of rotatable bonds is 5. The molecule has 0 fully saturated rings. The number of carbonyl (C=O) groups excluding carboxylic acids is 2. The molecule has 0 aliphatic carbocycles. The summed E-state index contributed by atoms with van der Waals surface area (Å²) in [5, 5.41) is 6.61. The average Bonchev–Trinajstić information content (AvgIpc) is 2.85. The molecule has 0 bridgehead atoms. The van der Waals surface area contributed by atoms with Crippen LogP contribution in [0.3, 0.4) is 0 Å². The minimum Gasteiger partial charge on any atom is -0.337 e. The van der Waals surface area contributed by atoms with Crippen LogP contribution in [0.4, 0.5) is 16.2 Å². The zero-order chi connectivity index (χ0) is 17.7. The lowest BCUT2D eigenvalue weighted by molar-refractivity contribution is -0.116. The molecule has 1 aromatic carbocycles. The van der Waals surface area contributed by atoms with Crippen LogP contribution in [0.25, 0.3) is 0 Å². The van der Waals surface area contributed by atoms with Crippen molar-refractivity contribution in [2.75, 3.05) is 23.8 Å². The summed E-state index contributed by atoms with van der Waals surface area (Å²) in [4.78, 5) is 30.6. The van der Waals surface area contributed by atoms with Crippen LogP contribution in [-0.2, 0) is 11.2 Å². The summed E-state index contributed by atoms with van der Waals surface area (Å²) in [6.07, 6.45) is 0.708. The standard InChI is InChI=1S/C17H22N4O2S/c1-11-12(2)24-16(19-11)8-9-18-17(23)20-14-6-5-7-15(10-14)21(4)13(3)22/h5-7,10H,8-9H2,1-4H3,(H2,18,20,23). The van der Waals surface area contributed by atoms with Crippen LogP contribution >= 0.6 is 11.3 Å². The molecule has 2 N–H and O–H groups in total. The van der Waals surface area contributed by atoms with Gasteiger partial charge >= 0.3 is 6.03 Å². The number of anilines is 2. The Morgan fingerprint density at radius 3 is 2.67 bits per heavy atom. The van der Waals surface area contributed by atoms with Gasteiger partial charge in [0.1, 0.15) is 0 Å². The highest BCUT2D eigenvalue weighted by Crippen LogP contribution is 2.19. The second kappa shape index (κ2) is 7.92. The van der Waals surface area contributed by atoms with Crippen molar-refractivity contribution >= 4 is 34.6 Å². The predicted octanol–water partition coefficient (Wildman–Crippen LogP) is 3.11. The second-order valence-corrected chi connectivity index (χ2v) is 6.80. The van der Waals surface area contributed by atoms with Gasteiger partial charge in [0.05, 0.1) is 10.7 Å². The van der Waals surface area contributed by atoms with Crippen LogP contribution in [0, 0.1) is 13.8 Å². The van der Waals surface area contributed by atoms with E-state index in [2.05, 4.69) is 15.6 Å². The number of hydrogen-bond donors (Lipinski definition) is 2. The molecule has 0 unspecified atom stereocenters. The first-order chi connectivity index (χ1) is 11.4. The van der Waals surface area contributed by atoms with Crippen LogP contribution in [0.5, 0.6) is 0 Å². The zero-order valence-electron chi connectivity index (χ0n) is 14.3. The van der Waals surface area contributed by atoms with Gasteiger partial charge < -0.3 is 15.5 Å². The van der Waals surface area contributed by atoms with E-state index >= 15 is 0 Å². The largest absolute Gasteiger partial charge is 0.337 e. The molecule has 7 heteroatoms. The summed E-state index contributed by atoms with van der Waals surface area (Å²) in [6, 6.07) is 6.88. The van der Waals surface area contributed by atoms with Gasteiger partial charge in [-0.25, -0.2) is 9.78 Å². The van der Waals surface area contributed by atoms with Gasteiger partial charge in [-0.2, -0.15) is 0 Å². The Morgan fingerprint density at radius 2 is 2.04 bits per heavy atom. The molecule has 3 amide bonds. The van der Waals surface area contributed by atoms with Crippen molar-refractivity contribution < 1.29 is 9.59 Å². The van der Waals surface area contributed by atoms with Gasteiger partial charge in [0, 0.05) is 43.2 Å². The first-order valence-corrected chi connectivity index (χ1v) is 8.50. The molecule has 24 heavy (non-hydrogen) atoms. The molecule has 0 aliphatic rings. The van der Waals surface area contributed by atoms with E-state index < -0.39 is 0 Å². The number of aryl methyl sites for hydroxylation is 2. The maximum Gasteiger partial charge on any atom is 0.319 e. The van der Waals surface area contributed by atoms with E-state index in [1.807, 2.05) is 19.9 Å². The minimum atomic E-state index is -0.275. The Balaban J connectivity index is 1.86. The highest BCUT2D eigenvalue weighted by Gasteiger charge is 2.08. The van der Waals surface area contributed by atoms with Gasteiger partial charge in [-0.15, -0.1) is 11.3 Å². The molecule has 0 radical (unpaired) electrons. The molecule has 1 heterocycles. The van der Waals surface area contributed by atoms with E-state index in [0.717, 1.165) is 16.4 Å². The molecular formula is C17H22N4O2S. The molecule has 1 aromatic heterocycles. The van der Waals surface area contributed by atoms with Crippen molar-refractivity contribution in [3.8, 4) is 0 Å². The topological polar surface area (TPSA) is 74.3 Å². The first-order valence-electron chi connectivity index (χ1n) is 7.69. The van der Waals surface area contributed by atoms with E-state index in [-0.39, 0.29) is 11.9 Å². The third kappa shape index (κ3) is 4.79. The molecule has 2 rings (SSSR count). The molecule has 0 saturated carbocycles. The zero-order valence-corrected chi connectivity index (χ0v) is 15.2. The summed E-state index contributed by atoms with van der Waals surface area (Å²) in [6.45, 7) is 6.04. The number of nitrogens with one attached hydrogen (secondary N) is 2. The van der Waals surface area contributed by atoms with Crippen molar-refractivity contribution in [3.05, 3.63) is 39.8 Å². The smallest absolute Gasteiger partial charge is 0.319 e. The van der Waals surface area contributed by atoms with Crippen molar-refractivity contribution in [3.63, 3.8) is 0 Å². The summed E-state index contributed by atoms with van der Waals surface area (Å²) >= 11 is 1.66. The first kappa shape index (κ1) is 17.9. The number of hydrogen-bond acceptors (Lipinski definition) is 4. The number of thiazole rings is 1. The fourth-order valence-electron chi connectivity index (χ4n) is 2.08. The van der Waals surface area contributed by atoms with Crippen molar-refractivity contribution in [2.24, 2.45) is 0 Å². The molecule has 0 aliphatic heterocycles. The van der Waals surface area contributed by atoms with E-state index in [9.17, 15) is 9.59 Å². The predicted molar refractivity (Wildman–Crippen MR) is 97.8 cm³/mol. The molecule has 0 spiro atoms.